The lowest BCUT2D eigenvalue weighted by molar-refractivity contribution is -0.866. The Labute approximate surface area is 187 Å². The first-order chi connectivity index (χ1) is 15.2. The van der Waals surface area contributed by atoms with Gasteiger partial charge in [-0.3, -0.25) is 9.69 Å². The lowest BCUT2D eigenvalue weighted by atomic mass is 9.98. The number of fused-ring (bicyclic) bond motifs is 1. The number of aryl methyl sites for hydroxylation is 1. The van der Waals surface area contributed by atoms with Gasteiger partial charge in [-0.15, -0.1) is 0 Å². The molecule has 2 heterocycles. The van der Waals surface area contributed by atoms with Crippen LogP contribution in [0.5, 0.6) is 0 Å². The molecule has 2 atom stereocenters. The lowest BCUT2D eigenvalue weighted by Gasteiger charge is -2.29. The molecule has 0 saturated heterocycles. The lowest BCUT2D eigenvalue weighted by Crippen LogP contribution is -3.08. The molecule has 1 amide bonds. The van der Waals surface area contributed by atoms with Crippen molar-refractivity contribution in [3.8, 4) is 0 Å². The summed E-state index contributed by atoms with van der Waals surface area (Å²) in [5.74, 6) is -0.106. The topological polar surface area (TPSA) is 99.8 Å². The first-order valence-corrected chi connectivity index (χ1v) is 12.5. The molecule has 32 heavy (non-hydrogen) atoms. The predicted octanol–water partition coefficient (Wildman–Crippen LogP) is 1.10. The van der Waals surface area contributed by atoms with E-state index in [0.29, 0.717) is 23.6 Å². The molecule has 0 aliphatic carbocycles. The Morgan fingerprint density at radius 1 is 1.09 bits per heavy atom. The molecule has 0 radical (unpaired) electrons. The number of sulfone groups is 1. The highest BCUT2D eigenvalue weighted by atomic mass is 32.2. The molecule has 3 aromatic rings. The van der Waals surface area contributed by atoms with Crippen molar-refractivity contribution in [1.29, 1.82) is 0 Å². The number of anilines is 1. The zero-order valence-electron chi connectivity index (χ0n) is 18.1. The number of hydrogen-bond donors (Lipinski definition) is 1. The van der Waals surface area contributed by atoms with Crippen molar-refractivity contribution in [2.45, 2.75) is 19.5 Å². The summed E-state index contributed by atoms with van der Waals surface area (Å²) in [5.41, 5.74) is 3.09. The van der Waals surface area contributed by atoms with Gasteiger partial charge in [0.25, 0.3) is 5.91 Å². The third-order valence-corrected chi connectivity index (χ3v) is 6.56. The van der Waals surface area contributed by atoms with Gasteiger partial charge in [0.1, 0.15) is 21.7 Å². The molecule has 0 bridgehead atoms. The van der Waals surface area contributed by atoms with Crippen molar-refractivity contribution in [3.05, 3.63) is 88.3 Å². The van der Waals surface area contributed by atoms with Gasteiger partial charge in [0.05, 0.1) is 23.6 Å². The monoisotopic (exact) mass is 454 g/mol. The molecule has 0 fully saturated rings. The Morgan fingerprint density at radius 3 is 2.34 bits per heavy atom. The molecule has 2 unspecified atom stereocenters. The minimum absolute atomic E-state index is 0.0284. The number of amides is 1. The standard InChI is InChI=1S/C23H26N4O4S/c1-17-21-22(19-11-7-4-8-12-19)27(29)16-20(28)25(13-14-32(2,30)31)23(21)26(24-17)15-18-9-5-3-6-10-18/h3-12,22,27H,13-16H2,1-2H3. The van der Waals surface area contributed by atoms with E-state index in [1.54, 1.807) is 4.68 Å². The van der Waals surface area contributed by atoms with Gasteiger partial charge in [-0.05, 0) is 12.5 Å². The number of nitrogens with zero attached hydrogens (tertiary/aromatic N) is 3. The van der Waals surface area contributed by atoms with Crippen LogP contribution in [0.1, 0.15) is 28.4 Å². The molecule has 168 valence electrons. The summed E-state index contributed by atoms with van der Waals surface area (Å²) in [7, 11) is -3.31. The number of carbonyl (C=O) groups is 1. The molecular formula is C23H26N4O4S. The summed E-state index contributed by atoms with van der Waals surface area (Å²) in [6, 6.07) is 18.4. The average Bonchev–Trinajstić information content (AvgIpc) is 2.98. The van der Waals surface area contributed by atoms with Crippen molar-refractivity contribution in [3.63, 3.8) is 0 Å². The molecular weight excluding hydrogens is 428 g/mol. The molecule has 1 aliphatic heterocycles. The smallest absolute Gasteiger partial charge is 0.283 e. The molecule has 9 heteroatoms. The summed E-state index contributed by atoms with van der Waals surface area (Å²) in [5, 5.41) is 17.7. The van der Waals surface area contributed by atoms with Gasteiger partial charge in [0.15, 0.2) is 6.54 Å². The van der Waals surface area contributed by atoms with E-state index in [-0.39, 0.29) is 23.9 Å². The first kappa shape index (κ1) is 22.2. The fourth-order valence-electron chi connectivity index (χ4n) is 4.18. The molecule has 1 N–H and O–H groups in total. The number of hydrogen-bond acceptors (Lipinski definition) is 5. The van der Waals surface area contributed by atoms with E-state index < -0.39 is 21.8 Å². The molecule has 0 saturated carbocycles. The third-order valence-electron chi connectivity index (χ3n) is 5.63. The van der Waals surface area contributed by atoms with E-state index in [1.807, 2.05) is 67.6 Å². The third kappa shape index (κ3) is 4.59. The summed E-state index contributed by atoms with van der Waals surface area (Å²) >= 11 is 0. The predicted molar refractivity (Wildman–Crippen MR) is 122 cm³/mol. The zero-order valence-corrected chi connectivity index (χ0v) is 18.9. The number of nitrogens with one attached hydrogen (secondary N) is 1. The summed E-state index contributed by atoms with van der Waals surface area (Å²) in [6.07, 6.45) is 1.14. The normalized spacial score (nSPS) is 19.0. The molecule has 0 spiro atoms. The summed E-state index contributed by atoms with van der Waals surface area (Å²) in [4.78, 5) is 14.6. The second kappa shape index (κ2) is 8.85. The van der Waals surface area contributed by atoms with Crippen LogP contribution in [0, 0.1) is 12.1 Å². The van der Waals surface area contributed by atoms with E-state index >= 15 is 0 Å². The van der Waals surface area contributed by atoms with Crippen LogP contribution in [0.4, 0.5) is 5.82 Å². The second-order valence-corrected chi connectivity index (χ2v) is 10.4. The SMILES string of the molecule is Cc1nn(Cc2ccccc2)c2c1C(c1ccccc1)[NH+]([O-])CC(=O)N2CCS(C)(=O)=O. The number of carbonyl (C=O) groups excluding carboxylic acids is 1. The van der Waals surface area contributed by atoms with E-state index in [0.717, 1.165) is 17.4 Å². The van der Waals surface area contributed by atoms with E-state index in [9.17, 15) is 18.4 Å². The Kier molecular flexibility index (Phi) is 6.14. The van der Waals surface area contributed by atoms with E-state index in [1.165, 1.54) is 4.90 Å². The second-order valence-electron chi connectivity index (χ2n) is 8.13. The highest BCUT2D eigenvalue weighted by Crippen LogP contribution is 2.34. The molecule has 1 aliphatic rings. The van der Waals surface area contributed by atoms with Gasteiger partial charge in [0.2, 0.25) is 0 Å². The highest BCUT2D eigenvalue weighted by Gasteiger charge is 2.39. The molecule has 8 nitrogen and oxygen atoms in total. The molecule has 1 aromatic heterocycles. The first-order valence-electron chi connectivity index (χ1n) is 10.4. The van der Waals surface area contributed by atoms with Crippen LogP contribution >= 0.6 is 0 Å². The Morgan fingerprint density at radius 2 is 1.72 bits per heavy atom. The Hall–Kier alpha value is -3.01. The number of hydroxylamine groups is 2. The van der Waals surface area contributed by atoms with Crippen molar-refractivity contribution in [1.82, 2.24) is 9.78 Å². The molecule has 4 rings (SSSR count). The maximum absolute atomic E-state index is 13.3. The highest BCUT2D eigenvalue weighted by molar-refractivity contribution is 7.90. The van der Waals surface area contributed by atoms with Crippen LogP contribution < -0.4 is 9.96 Å². The maximum Gasteiger partial charge on any atom is 0.283 e. The fraction of sp³-hybridized carbons (Fsp3) is 0.304. The van der Waals surface area contributed by atoms with Gasteiger partial charge in [0, 0.05) is 18.4 Å². The number of aromatic nitrogens is 2. The summed E-state index contributed by atoms with van der Waals surface area (Å²) < 4.78 is 25.5. The van der Waals surface area contributed by atoms with Crippen molar-refractivity contribution in [2.24, 2.45) is 0 Å². The van der Waals surface area contributed by atoms with Gasteiger partial charge in [-0.25, -0.2) is 13.1 Å². The Balaban J connectivity index is 1.89. The fourth-order valence-corrected chi connectivity index (χ4v) is 4.70. The van der Waals surface area contributed by atoms with Crippen molar-refractivity contribution >= 4 is 21.6 Å². The van der Waals surface area contributed by atoms with Gasteiger partial charge >= 0.3 is 0 Å². The van der Waals surface area contributed by atoms with E-state index in [4.69, 9.17) is 0 Å². The van der Waals surface area contributed by atoms with Crippen LogP contribution in [0.15, 0.2) is 60.7 Å². The number of benzene rings is 2. The van der Waals surface area contributed by atoms with Crippen LogP contribution in [-0.2, 0) is 21.2 Å². The number of rotatable bonds is 6. The Bertz CT molecular complexity index is 1210. The minimum atomic E-state index is -3.31. The zero-order chi connectivity index (χ0) is 22.9. The van der Waals surface area contributed by atoms with Crippen LogP contribution in [-0.4, -0.2) is 49.2 Å². The van der Waals surface area contributed by atoms with Crippen LogP contribution in [0.2, 0.25) is 0 Å². The quantitative estimate of drug-likeness (QED) is 0.563. The van der Waals surface area contributed by atoms with Gasteiger partial charge in [-0.1, -0.05) is 60.7 Å². The molecule has 2 aromatic carbocycles. The van der Waals surface area contributed by atoms with Crippen LogP contribution in [0.25, 0.3) is 0 Å². The summed E-state index contributed by atoms with van der Waals surface area (Å²) in [6.45, 7) is 1.91. The van der Waals surface area contributed by atoms with E-state index in [2.05, 4.69) is 5.10 Å². The van der Waals surface area contributed by atoms with Crippen molar-refractivity contribution < 1.29 is 18.3 Å². The average molecular weight is 455 g/mol. The van der Waals surface area contributed by atoms with Crippen LogP contribution in [0.3, 0.4) is 0 Å². The minimum Gasteiger partial charge on any atom is -0.633 e. The largest absolute Gasteiger partial charge is 0.633 e. The van der Waals surface area contributed by atoms with Gasteiger partial charge in [-0.2, -0.15) is 5.10 Å². The number of quaternary nitrogens is 1. The van der Waals surface area contributed by atoms with Gasteiger partial charge < -0.3 is 10.3 Å². The maximum atomic E-state index is 13.3. The van der Waals surface area contributed by atoms with Crippen molar-refractivity contribution in [2.75, 3.05) is 30.0 Å².